The minimum absolute atomic E-state index is 0.0605. The number of nitrogens with one attached hydrogen (secondary N) is 1. The van der Waals surface area contributed by atoms with Gasteiger partial charge in [-0.15, -0.1) is 0 Å². The van der Waals surface area contributed by atoms with Crippen molar-refractivity contribution in [1.29, 1.82) is 0 Å². The number of anilines is 2. The van der Waals surface area contributed by atoms with E-state index in [-0.39, 0.29) is 30.0 Å². The molecule has 0 radical (unpaired) electrons. The maximum atomic E-state index is 13.1. The zero-order chi connectivity index (χ0) is 24.7. The molecule has 0 atom stereocenters. The maximum absolute atomic E-state index is 13.1. The number of nitrogens with zero attached hydrogens (tertiary/aromatic N) is 5. The zero-order valence-corrected chi connectivity index (χ0v) is 19.9. The molecule has 11 nitrogen and oxygen atoms in total. The van der Waals surface area contributed by atoms with E-state index >= 15 is 0 Å². The highest BCUT2D eigenvalue weighted by molar-refractivity contribution is 5.95. The fourth-order valence-electron chi connectivity index (χ4n) is 4.91. The number of amides is 2. The number of pyridine rings is 1. The summed E-state index contributed by atoms with van der Waals surface area (Å²) in [4.78, 5) is 45.5. The van der Waals surface area contributed by atoms with Crippen LogP contribution < -0.4 is 15.8 Å². The molecule has 0 aliphatic carbocycles. The summed E-state index contributed by atoms with van der Waals surface area (Å²) in [6.45, 7) is 4.85. The van der Waals surface area contributed by atoms with Gasteiger partial charge >= 0.3 is 0 Å². The molecule has 3 N–H and O–H groups in total. The van der Waals surface area contributed by atoms with E-state index in [0.717, 1.165) is 42.9 Å². The molecule has 2 aromatic rings. The highest BCUT2D eigenvalue weighted by atomic mass is 16.3. The van der Waals surface area contributed by atoms with Crippen molar-refractivity contribution in [2.24, 2.45) is 0 Å². The summed E-state index contributed by atoms with van der Waals surface area (Å²) in [6, 6.07) is 5.75. The fraction of sp³-hybridized carbons (Fsp3) is 0.542. The summed E-state index contributed by atoms with van der Waals surface area (Å²) in [6.07, 6.45) is 0.819. The van der Waals surface area contributed by atoms with Crippen LogP contribution in [0.15, 0.2) is 29.2 Å². The summed E-state index contributed by atoms with van der Waals surface area (Å²) in [5.41, 5.74) is 1.55. The predicted octanol–water partition coefficient (Wildman–Crippen LogP) is -1.43. The first-order chi connectivity index (χ1) is 16.8. The van der Waals surface area contributed by atoms with Gasteiger partial charge in [-0.1, -0.05) is 0 Å². The van der Waals surface area contributed by atoms with E-state index in [4.69, 9.17) is 0 Å². The van der Waals surface area contributed by atoms with Gasteiger partial charge in [0.25, 0.3) is 5.56 Å². The highest BCUT2D eigenvalue weighted by Crippen LogP contribution is 2.27. The molecular formula is C24H32N6O5. The van der Waals surface area contributed by atoms with Crippen molar-refractivity contribution in [3.05, 3.63) is 34.7 Å². The quantitative estimate of drug-likeness (QED) is 0.457. The molecule has 0 bridgehead atoms. The first-order valence-electron chi connectivity index (χ1n) is 12.1. The fourth-order valence-corrected chi connectivity index (χ4v) is 4.91. The zero-order valence-electron chi connectivity index (χ0n) is 19.9. The van der Waals surface area contributed by atoms with Crippen molar-refractivity contribution < 1.29 is 19.8 Å². The van der Waals surface area contributed by atoms with Crippen molar-refractivity contribution >= 4 is 34.0 Å². The number of carbonyl (C=O) groups is 2. The minimum Gasteiger partial charge on any atom is -0.389 e. The summed E-state index contributed by atoms with van der Waals surface area (Å²) >= 11 is 0. The van der Waals surface area contributed by atoms with Gasteiger partial charge in [-0.2, -0.15) is 0 Å². The second-order valence-corrected chi connectivity index (χ2v) is 9.62. The molecule has 188 valence electrons. The summed E-state index contributed by atoms with van der Waals surface area (Å²) < 4.78 is 1.42. The van der Waals surface area contributed by atoms with Crippen LogP contribution >= 0.6 is 0 Å². The van der Waals surface area contributed by atoms with Gasteiger partial charge in [-0.3, -0.25) is 19.3 Å². The first kappa shape index (κ1) is 23.6. The lowest BCUT2D eigenvalue weighted by atomic mass is 10.1. The van der Waals surface area contributed by atoms with Gasteiger partial charge in [-0.25, -0.2) is 0 Å². The number of aliphatic hydroxyl groups is 2. The van der Waals surface area contributed by atoms with Crippen LogP contribution in [0.4, 0.5) is 11.4 Å². The van der Waals surface area contributed by atoms with E-state index < -0.39 is 6.10 Å². The topological polar surface area (TPSA) is 122 Å². The summed E-state index contributed by atoms with van der Waals surface area (Å²) in [7, 11) is 1.79. The van der Waals surface area contributed by atoms with Crippen LogP contribution in [0.3, 0.4) is 0 Å². The Labute approximate surface area is 203 Å². The molecule has 5 rings (SSSR count). The largest absolute Gasteiger partial charge is 0.389 e. The number of likely N-dealkylation sites (tertiary alicyclic amines) is 2. The number of rotatable bonds is 6. The standard InChI is InChI=1S/C24H32N6O5/c1-25-21-13-30(15-23(34)29-11-18(32)12-29)24(35)19-3-2-16(8-20(19)21)27-6-4-26(5-7-27)14-22(33)28-9-17(31)10-28/h2-3,8,13,17-18,25,31-32H,4-7,9-12,14-15H2,1H3. The van der Waals surface area contributed by atoms with Crippen molar-refractivity contribution in [3.63, 3.8) is 0 Å². The van der Waals surface area contributed by atoms with E-state index in [0.29, 0.717) is 38.1 Å². The molecule has 3 aliphatic heterocycles. The molecule has 3 aliphatic rings. The van der Waals surface area contributed by atoms with Crippen molar-refractivity contribution in [2.75, 3.05) is 76.2 Å². The molecule has 0 saturated carbocycles. The molecule has 1 aromatic heterocycles. The second-order valence-electron chi connectivity index (χ2n) is 9.62. The van der Waals surface area contributed by atoms with Gasteiger partial charge in [0.15, 0.2) is 0 Å². The Hall–Kier alpha value is -3.15. The normalized spacial score (nSPS) is 19.6. The molecule has 11 heteroatoms. The van der Waals surface area contributed by atoms with Crippen LogP contribution in [-0.2, 0) is 16.1 Å². The minimum atomic E-state index is -0.476. The summed E-state index contributed by atoms with van der Waals surface area (Å²) in [5.74, 6) is -0.120. The predicted molar refractivity (Wildman–Crippen MR) is 132 cm³/mol. The Morgan fingerprint density at radius 3 is 2.09 bits per heavy atom. The van der Waals surface area contributed by atoms with Crippen LogP contribution in [-0.4, -0.2) is 119 Å². The van der Waals surface area contributed by atoms with Crippen molar-refractivity contribution in [1.82, 2.24) is 19.3 Å². The van der Waals surface area contributed by atoms with E-state index in [2.05, 4.69) is 15.1 Å². The van der Waals surface area contributed by atoms with Crippen LogP contribution in [0, 0.1) is 0 Å². The molecule has 35 heavy (non-hydrogen) atoms. The van der Waals surface area contributed by atoms with E-state index in [1.165, 1.54) is 4.57 Å². The molecular weight excluding hydrogens is 452 g/mol. The Bertz CT molecular complexity index is 1180. The van der Waals surface area contributed by atoms with E-state index in [9.17, 15) is 24.6 Å². The van der Waals surface area contributed by atoms with Gasteiger partial charge in [0, 0.05) is 82.1 Å². The van der Waals surface area contributed by atoms with Gasteiger partial charge in [0.1, 0.15) is 6.54 Å². The SMILES string of the molecule is CNc1cn(CC(=O)N2CC(O)C2)c(=O)c2ccc(N3CCN(CC(=O)N4CC(O)C4)CC3)cc12. The Balaban J connectivity index is 1.27. The van der Waals surface area contributed by atoms with E-state index in [1.54, 1.807) is 23.0 Å². The summed E-state index contributed by atoms with van der Waals surface area (Å²) in [5, 5.41) is 23.3. The number of benzene rings is 1. The average molecular weight is 485 g/mol. The number of aliphatic hydroxyl groups excluding tert-OH is 2. The van der Waals surface area contributed by atoms with Gasteiger partial charge in [-0.05, 0) is 18.2 Å². The molecule has 3 saturated heterocycles. The second kappa shape index (κ2) is 9.48. The van der Waals surface area contributed by atoms with Crippen molar-refractivity contribution in [2.45, 2.75) is 18.8 Å². The molecule has 0 unspecified atom stereocenters. The average Bonchev–Trinajstić information content (AvgIpc) is 2.81. The number of β-amino-alcohol motifs (C(OH)–C–C–N with tert-alkyl or cyclic N) is 2. The van der Waals surface area contributed by atoms with Crippen LogP contribution in [0.1, 0.15) is 0 Å². The highest BCUT2D eigenvalue weighted by Gasteiger charge is 2.31. The number of piperazine rings is 1. The van der Waals surface area contributed by atoms with Gasteiger partial charge in [0.2, 0.25) is 11.8 Å². The number of carbonyl (C=O) groups excluding carboxylic acids is 2. The molecule has 3 fully saturated rings. The lowest BCUT2D eigenvalue weighted by Gasteiger charge is -2.39. The molecule has 0 spiro atoms. The Morgan fingerprint density at radius 1 is 0.914 bits per heavy atom. The van der Waals surface area contributed by atoms with E-state index in [1.807, 2.05) is 18.2 Å². The van der Waals surface area contributed by atoms with Gasteiger partial charge < -0.3 is 34.8 Å². The molecule has 4 heterocycles. The number of aromatic nitrogens is 1. The third kappa shape index (κ3) is 4.71. The third-order valence-electron chi connectivity index (χ3n) is 7.17. The number of hydrogen-bond donors (Lipinski definition) is 3. The molecule has 2 amide bonds. The van der Waals surface area contributed by atoms with Crippen LogP contribution in [0.25, 0.3) is 10.8 Å². The monoisotopic (exact) mass is 484 g/mol. The number of fused-ring (bicyclic) bond motifs is 1. The smallest absolute Gasteiger partial charge is 0.259 e. The third-order valence-corrected chi connectivity index (χ3v) is 7.17. The van der Waals surface area contributed by atoms with Crippen molar-refractivity contribution in [3.8, 4) is 0 Å². The van der Waals surface area contributed by atoms with Gasteiger partial charge in [0.05, 0.1) is 24.4 Å². The Morgan fingerprint density at radius 2 is 1.51 bits per heavy atom. The Kier molecular flexibility index (Phi) is 6.39. The number of hydrogen-bond acceptors (Lipinski definition) is 8. The van der Waals surface area contributed by atoms with Crippen LogP contribution in [0.5, 0.6) is 0 Å². The lowest BCUT2D eigenvalue weighted by Crippen LogP contribution is -2.57. The van der Waals surface area contributed by atoms with Crippen LogP contribution in [0.2, 0.25) is 0 Å². The maximum Gasteiger partial charge on any atom is 0.259 e. The molecule has 1 aromatic carbocycles. The lowest BCUT2D eigenvalue weighted by molar-refractivity contribution is -0.142. The first-order valence-corrected chi connectivity index (χ1v) is 12.1.